The van der Waals surface area contributed by atoms with Gasteiger partial charge in [-0.3, -0.25) is 0 Å². The van der Waals surface area contributed by atoms with Crippen LogP contribution in [0.3, 0.4) is 0 Å². The van der Waals surface area contributed by atoms with Gasteiger partial charge in [-0.25, -0.2) is 0 Å². The minimum Gasteiger partial charge on any atom is -0.0911 e. The first-order valence-corrected chi connectivity index (χ1v) is 24.4. The van der Waals surface area contributed by atoms with Crippen LogP contribution in [0.4, 0.5) is 0 Å². The minimum atomic E-state index is -0.262. The molecular weight excluding hydrogens is 820 g/mol. The van der Waals surface area contributed by atoms with E-state index in [2.05, 4.69) is 240 Å². The first kappa shape index (κ1) is 40.0. The Balaban J connectivity index is 1.08. The van der Waals surface area contributed by atoms with Crippen molar-refractivity contribution in [2.45, 2.75) is 58.1 Å². The summed E-state index contributed by atoms with van der Waals surface area (Å²) in [5, 5.41) is 5.07. The van der Waals surface area contributed by atoms with E-state index < -0.39 is 0 Å². The molecule has 2 heterocycles. The van der Waals surface area contributed by atoms with Gasteiger partial charge >= 0.3 is 0 Å². The smallest absolute Gasteiger partial charge is 0.0911 e. The van der Waals surface area contributed by atoms with Crippen LogP contribution in [0.2, 0.25) is 0 Å². The Morgan fingerprint density at radius 3 is 1.34 bits per heavy atom. The molecule has 0 aromatic heterocycles. The van der Waals surface area contributed by atoms with Crippen LogP contribution in [-0.2, 0) is 10.8 Å². The fourth-order valence-corrected chi connectivity index (χ4v) is 13.2. The molecule has 0 amide bonds. The summed E-state index contributed by atoms with van der Waals surface area (Å²) >= 11 is 3.88. The average molecular weight is 867 g/mol. The number of hydrogen-bond acceptors (Lipinski definition) is 2. The van der Waals surface area contributed by atoms with Crippen molar-refractivity contribution in [1.29, 1.82) is 0 Å². The fraction of sp³-hybridized carbons (Fsp3) is 0.0968. The molecule has 10 aromatic carbocycles. The predicted octanol–water partition coefficient (Wildman–Crippen LogP) is 15.1. The fourth-order valence-electron chi connectivity index (χ4n) is 10.7. The van der Waals surface area contributed by atoms with Crippen molar-refractivity contribution in [3.05, 3.63) is 235 Å². The maximum absolute atomic E-state index is 2.52. The van der Waals surface area contributed by atoms with Crippen LogP contribution in [0.1, 0.15) is 49.9 Å². The van der Waals surface area contributed by atoms with Crippen molar-refractivity contribution in [2.75, 3.05) is 0 Å². The standard InChI is InChI=1S/C62H47BS2/c1-61(2,44-22-10-6-11-23-44)46-32-33-55-53(39-46)63-52-30-18-19-31-54(52)64-56-37-42(38-57(65-55)60(56)63)41-34-43(36-47(35-41)62(3,4)45-24-12-7-13-25-45)59-50-28-16-14-26-48(50)58(40-20-8-5-9-21-40)49-27-15-17-29-51(49)59/h5-39H,1-4H3. The molecule has 0 nitrogen and oxygen atoms in total. The Bertz CT molecular complexity index is 3410. The highest BCUT2D eigenvalue weighted by Crippen LogP contribution is 2.48. The topological polar surface area (TPSA) is 0 Å². The summed E-state index contributed by atoms with van der Waals surface area (Å²) in [4.78, 5) is 5.39. The molecule has 0 atom stereocenters. The van der Waals surface area contributed by atoms with Gasteiger partial charge in [0.25, 0.3) is 0 Å². The van der Waals surface area contributed by atoms with Crippen LogP contribution in [0.15, 0.2) is 232 Å². The van der Waals surface area contributed by atoms with Gasteiger partial charge in [0.2, 0.25) is 6.71 Å². The second-order valence-electron chi connectivity index (χ2n) is 18.8. The van der Waals surface area contributed by atoms with Crippen LogP contribution in [0.5, 0.6) is 0 Å². The number of benzene rings is 10. The summed E-state index contributed by atoms with van der Waals surface area (Å²) in [6, 6.07) is 79.8. The van der Waals surface area contributed by atoms with E-state index in [1.54, 1.807) is 0 Å². The molecule has 0 unspecified atom stereocenters. The number of rotatable bonds is 7. The van der Waals surface area contributed by atoms with Gasteiger partial charge in [-0.2, -0.15) is 0 Å². The van der Waals surface area contributed by atoms with Crippen LogP contribution < -0.4 is 16.4 Å². The maximum atomic E-state index is 2.52. The molecule has 65 heavy (non-hydrogen) atoms. The molecule has 310 valence electrons. The summed E-state index contributed by atoms with van der Waals surface area (Å²) in [5.74, 6) is 0. The quantitative estimate of drug-likeness (QED) is 0.116. The van der Waals surface area contributed by atoms with Gasteiger partial charge < -0.3 is 0 Å². The molecule has 0 radical (unpaired) electrons. The molecule has 0 saturated carbocycles. The summed E-state index contributed by atoms with van der Waals surface area (Å²) in [6.07, 6.45) is 0. The highest BCUT2D eigenvalue weighted by molar-refractivity contribution is 8.01. The minimum absolute atomic E-state index is 0.133. The number of fused-ring (bicyclic) bond motifs is 6. The van der Waals surface area contributed by atoms with Crippen molar-refractivity contribution >= 4 is 68.2 Å². The molecule has 12 rings (SSSR count). The van der Waals surface area contributed by atoms with Gasteiger partial charge in [0.15, 0.2) is 0 Å². The third kappa shape index (κ3) is 6.62. The van der Waals surface area contributed by atoms with Crippen molar-refractivity contribution in [1.82, 2.24) is 0 Å². The summed E-state index contributed by atoms with van der Waals surface area (Å²) < 4.78 is 0. The Hall–Kier alpha value is -6.52. The van der Waals surface area contributed by atoms with Crippen LogP contribution in [-0.4, -0.2) is 6.71 Å². The van der Waals surface area contributed by atoms with E-state index in [1.165, 1.54) is 113 Å². The monoisotopic (exact) mass is 866 g/mol. The zero-order valence-corrected chi connectivity index (χ0v) is 38.7. The third-order valence-electron chi connectivity index (χ3n) is 14.4. The molecular formula is C62H47BS2. The van der Waals surface area contributed by atoms with E-state index in [0.29, 0.717) is 0 Å². The Morgan fingerprint density at radius 2 is 0.754 bits per heavy atom. The highest BCUT2D eigenvalue weighted by Gasteiger charge is 2.39. The van der Waals surface area contributed by atoms with Crippen LogP contribution in [0.25, 0.3) is 54.9 Å². The maximum Gasteiger partial charge on any atom is 0.247 e. The largest absolute Gasteiger partial charge is 0.247 e. The molecule has 0 N–H and O–H groups in total. The van der Waals surface area contributed by atoms with Gasteiger partial charge in [-0.05, 0) is 113 Å². The highest BCUT2D eigenvalue weighted by atomic mass is 32.2. The Kier molecular flexibility index (Phi) is 9.60. The van der Waals surface area contributed by atoms with Gasteiger partial charge in [0, 0.05) is 30.4 Å². The molecule has 0 aliphatic carbocycles. The second kappa shape index (κ2) is 15.6. The van der Waals surface area contributed by atoms with E-state index >= 15 is 0 Å². The zero-order chi connectivity index (χ0) is 43.9. The lowest BCUT2D eigenvalue weighted by molar-refractivity contribution is 0.641. The van der Waals surface area contributed by atoms with Gasteiger partial charge in [-0.1, -0.05) is 244 Å². The lowest BCUT2D eigenvalue weighted by atomic mass is 9.36. The third-order valence-corrected chi connectivity index (χ3v) is 16.7. The van der Waals surface area contributed by atoms with Crippen molar-refractivity contribution < 1.29 is 0 Å². The molecule has 2 aliphatic rings. The van der Waals surface area contributed by atoms with Crippen LogP contribution in [0, 0.1) is 0 Å². The zero-order valence-electron chi connectivity index (χ0n) is 37.1. The molecule has 0 spiro atoms. The van der Waals surface area contributed by atoms with E-state index in [0.717, 1.165) is 0 Å². The predicted molar refractivity (Wildman–Crippen MR) is 281 cm³/mol. The first-order chi connectivity index (χ1) is 31.7. The molecule has 0 bridgehead atoms. The van der Waals surface area contributed by atoms with E-state index in [4.69, 9.17) is 0 Å². The molecule has 0 fully saturated rings. The summed E-state index contributed by atoms with van der Waals surface area (Å²) in [7, 11) is 0. The van der Waals surface area contributed by atoms with Gasteiger partial charge in [-0.15, -0.1) is 0 Å². The second-order valence-corrected chi connectivity index (χ2v) is 21.0. The summed E-state index contributed by atoms with van der Waals surface area (Å²) in [5.41, 5.74) is 16.7. The van der Waals surface area contributed by atoms with Gasteiger partial charge in [0.1, 0.15) is 0 Å². The average Bonchev–Trinajstić information content (AvgIpc) is 3.35. The Morgan fingerprint density at radius 1 is 0.308 bits per heavy atom. The lowest BCUT2D eigenvalue weighted by Gasteiger charge is -2.35. The molecule has 3 heteroatoms. The van der Waals surface area contributed by atoms with Crippen molar-refractivity contribution in [3.63, 3.8) is 0 Å². The SMILES string of the molecule is CC(C)(c1ccccc1)c1cc(-c2cc3c4c(c2)Sc2ccc(C(C)(C)c5ccccc5)cc2B4c2ccccc2S3)cc(-c2c3ccccc3c(-c3ccccc3)c3ccccc23)c1. The Labute approximate surface area is 391 Å². The van der Waals surface area contributed by atoms with Crippen LogP contribution >= 0.6 is 23.5 Å². The molecule has 0 saturated heterocycles. The summed E-state index contributed by atoms with van der Waals surface area (Å²) in [6.45, 7) is 9.65. The first-order valence-electron chi connectivity index (χ1n) is 22.8. The number of hydrogen-bond donors (Lipinski definition) is 0. The van der Waals surface area contributed by atoms with E-state index in [-0.39, 0.29) is 17.5 Å². The lowest BCUT2D eigenvalue weighted by Crippen LogP contribution is -2.58. The molecule has 10 aromatic rings. The van der Waals surface area contributed by atoms with Crippen molar-refractivity contribution in [3.8, 4) is 33.4 Å². The van der Waals surface area contributed by atoms with Gasteiger partial charge in [0.05, 0.1) is 0 Å². The normalized spacial score (nSPS) is 13.1. The molecule has 2 aliphatic heterocycles. The van der Waals surface area contributed by atoms with E-state index in [9.17, 15) is 0 Å². The van der Waals surface area contributed by atoms with E-state index in [1.807, 2.05) is 23.5 Å². The van der Waals surface area contributed by atoms with Crippen molar-refractivity contribution in [2.24, 2.45) is 0 Å².